The summed E-state index contributed by atoms with van der Waals surface area (Å²) >= 11 is 3.51. The molecule has 0 spiro atoms. The summed E-state index contributed by atoms with van der Waals surface area (Å²) in [5.74, 6) is 0.489. The minimum Gasteiger partial charge on any atom is -0.339 e. The number of carbonyl (C=O) groups is 1. The number of halogens is 1. The van der Waals surface area contributed by atoms with E-state index in [4.69, 9.17) is 0 Å². The van der Waals surface area contributed by atoms with E-state index in [1.54, 1.807) is 12.4 Å². The van der Waals surface area contributed by atoms with Gasteiger partial charge in [-0.25, -0.2) is 9.97 Å². The van der Waals surface area contributed by atoms with E-state index >= 15 is 0 Å². The number of carbonyl (C=O) groups excluding carboxylic acids is 1. The van der Waals surface area contributed by atoms with E-state index in [0.717, 1.165) is 36.1 Å². The second-order valence-electron chi connectivity index (χ2n) is 5.40. The lowest BCUT2D eigenvalue weighted by Crippen LogP contribution is -2.27. The van der Waals surface area contributed by atoms with E-state index in [1.165, 1.54) is 5.56 Å². The van der Waals surface area contributed by atoms with Crippen molar-refractivity contribution in [3.8, 4) is 0 Å². The van der Waals surface area contributed by atoms with Crippen LogP contribution in [-0.2, 0) is 0 Å². The molecule has 1 aliphatic rings. The topological polar surface area (TPSA) is 58.1 Å². The summed E-state index contributed by atoms with van der Waals surface area (Å²) in [7, 11) is 0. The molecule has 1 amide bonds. The van der Waals surface area contributed by atoms with Crippen LogP contribution in [0.25, 0.3) is 0 Å². The summed E-state index contributed by atoms with van der Waals surface area (Å²) in [6.07, 6.45) is 5.32. The Morgan fingerprint density at radius 1 is 1.23 bits per heavy atom. The van der Waals surface area contributed by atoms with Crippen LogP contribution >= 0.6 is 15.9 Å². The van der Waals surface area contributed by atoms with Crippen LogP contribution in [0.15, 0.2) is 35.1 Å². The molecule has 1 fully saturated rings. The summed E-state index contributed by atoms with van der Waals surface area (Å²) in [5.41, 5.74) is 2.60. The predicted molar refractivity (Wildman–Crippen MR) is 89.3 cm³/mol. The molecule has 0 aliphatic carbocycles. The first kappa shape index (κ1) is 15.0. The number of anilines is 2. The van der Waals surface area contributed by atoms with Gasteiger partial charge in [-0.15, -0.1) is 0 Å². The van der Waals surface area contributed by atoms with E-state index in [9.17, 15) is 4.79 Å². The number of nitrogens with zero attached hydrogens (tertiary/aromatic N) is 3. The highest BCUT2D eigenvalue weighted by molar-refractivity contribution is 9.10. The zero-order valence-electron chi connectivity index (χ0n) is 12.3. The third-order valence-electron chi connectivity index (χ3n) is 3.66. The molecule has 0 unspecified atom stereocenters. The molecule has 2 aromatic rings. The van der Waals surface area contributed by atoms with E-state index < -0.39 is 0 Å². The van der Waals surface area contributed by atoms with Crippen molar-refractivity contribution in [3.63, 3.8) is 0 Å². The van der Waals surface area contributed by atoms with Gasteiger partial charge in [0, 0.05) is 30.0 Å². The molecule has 114 valence electrons. The highest BCUT2D eigenvalue weighted by Gasteiger charge is 2.20. The van der Waals surface area contributed by atoms with Crippen molar-refractivity contribution >= 4 is 33.5 Å². The Morgan fingerprint density at radius 3 is 2.55 bits per heavy atom. The molecule has 1 aliphatic heterocycles. The Bertz CT molecular complexity index is 681. The van der Waals surface area contributed by atoms with Crippen molar-refractivity contribution in [2.75, 3.05) is 18.4 Å². The fourth-order valence-electron chi connectivity index (χ4n) is 2.45. The molecule has 1 N–H and O–H groups in total. The molecule has 5 nitrogen and oxygen atoms in total. The van der Waals surface area contributed by atoms with Gasteiger partial charge in [0.25, 0.3) is 5.91 Å². The van der Waals surface area contributed by atoms with Crippen LogP contribution in [0.5, 0.6) is 0 Å². The van der Waals surface area contributed by atoms with E-state index in [0.29, 0.717) is 11.5 Å². The molecular weight excluding hydrogens is 344 g/mol. The monoisotopic (exact) mass is 360 g/mol. The lowest BCUT2D eigenvalue weighted by molar-refractivity contribution is 0.0792. The quantitative estimate of drug-likeness (QED) is 0.909. The van der Waals surface area contributed by atoms with Crippen molar-refractivity contribution in [2.45, 2.75) is 19.8 Å². The van der Waals surface area contributed by atoms with Crippen LogP contribution < -0.4 is 5.32 Å². The van der Waals surface area contributed by atoms with Gasteiger partial charge in [0.1, 0.15) is 0 Å². The Balaban J connectivity index is 1.72. The highest BCUT2D eigenvalue weighted by Crippen LogP contribution is 2.25. The molecular formula is C16H17BrN4O. The molecule has 1 aromatic carbocycles. The molecule has 1 saturated heterocycles. The summed E-state index contributed by atoms with van der Waals surface area (Å²) in [5, 5.41) is 3.14. The standard InChI is InChI=1S/C16H17BrN4O/c1-11-4-5-14(13(17)8-11)20-16-18-9-12(10-19-16)15(22)21-6-2-3-7-21/h4-5,8-10H,2-3,6-7H2,1H3,(H,18,19,20). The number of hydrogen-bond acceptors (Lipinski definition) is 4. The van der Waals surface area contributed by atoms with Crippen molar-refractivity contribution in [1.29, 1.82) is 0 Å². The van der Waals surface area contributed by atoms with Gasteiger partial charge in [0.2, 0.25) is 5.95 Å². The highest BCUT2D eigenvalue weighted by atomic mass is 79.9. The first-order chi connectivity index (χ1) is 10.6. The van der Waals surface area contributed by atoms with Crippen molar-refractivity contribution in [2.24, 2.45) is 0 Å². The molecule has 22 heavy (non-hydrogen) atoms. The predicted octanol–water partition coefficient (Wildman–Crippen LogP) is 3.53. The number of likely N-dealkylation sites (tertiary alicyclic amines) is 1. The van der Waals surface area contributed by atoms with Crippen molar-refractivity contribution in [3.05, 3.63) is 46.2 Å². The first-order valence-electron chi connectivity index (χ1n) is 7.28. The minimum atomic E-state index is 0.0144. The third kappa shape index (κ3) is 3.27. The van der Waals surface area contributed by atoms with E-state index in [-0.39, 0.29) is 5.91 Å². The van der Waals surface area contributed by atoms with Crippen molar-refractivity contribution < 1.29 is 4.79 Å². The third-order valence-corrected chi connectivity index (χ3v) is 4.32. The summed E-state index contributed by atoms with van der Waals surface area (Å²) in [4.78, 5) is 22.6. The van der Waals surface area contributed by atoms with Gasteiger partial charge in [-0.1, -0.05) is 6.07 Å². The van der Waals surface area contributed by atoms with E-state index in [2.05, 4.69) is 31.2 Å². The number of nitrogens with one attached hydrogen (secondary N) is 1. The van der Waals surface area contributed by atoms with Crippen molar-refractivity contribution in [1.82, 2.24) is 14.9 Å². The largest absolute Gasteiger partial charge is 0.339 e. The maximum absolute atomic E-state index is 12.2. The second-order valence-corrected chi connectivity index (χ2v) is 6.26. The smallest absolute Gasteiger partial charge is 0.256 e. The number of amides is 1. The Morgan fingerprint density at radius 2 is 1.91 bits per heavy atom. The zero-order valence-corrected chi connectivity index (χ0v) is 13.9. The number of hydrogen-bond donors (Lipinski definition) is 1. The molecule has 2 heterocycles. The SMILES string of the molecule is Cc1ccc(Nc2ncc(C(=O)N3CCCC3)cn2)c(Br)c1. The molecule has 0 radical (unpaired) electrons. The fraction of sp³-hybridized carbons (Fsp3) is 0.312. The lowest BCUT2D eigenvalue weighted by atomic mass is 10.2. The maximum atomic E-state index is 12.2. The average Bonchev–Trinajstić information content (AvgIpc) is 3.04. The maximum Gasteiger partial charge on any atom is 0.256 e. The van der Waals surface area contributed by atoms with Crippen LogP contribution in [0.3, 0.4) is 0 Å². The van der Waals surface area contributed by atoms with Gasteiger partial charge in [-0.2, -0.15) is 0 Å². The van der Waals surface area contributed by atoms with Crippen LogP contribution in [0.1, 0.15) is 28.8 Å². The Kier molecular flexibility index (Phi) is 4.38. The van der Waals surface area contributed by atoms with E-state index in [1.807, 2.05) is 30.0 Å². The number of benzene rings is 1. The van der Waals surface area contributed by atoms with Crippen LogP contribution in [0, 0.1) is 6.92 Å². The van der Waals surface area contributed by atoms with Crippen LogP contribution in [-0.4, -0.2) is 33.9 Å². The Hall–Kier alpha value is -1.95. The van der Waals surface area contributed by atoms with Gasteiger partial charge in [0.15, 0.2) is 0 Å². The lowest BCUT2D eigenvalue weighted by Gasteiger charge is -2.14. The molecule has 0 bridgehead atoms. The zero-order chi connectivity index (χ0) is 15.5. The van der Waals surface area contributed by atoms with Crippen LogP contribution in [0.4, 0.5) is 11.6 Å². The number of aromatic nitrogens is 2. The minimum absolute atomic E-state index is 0.0144. The second kappa shape index (κ2) is 6.44. The molecule has 3 rings (SSSR count). The first-order valence-corrected chi connectivity index (χ1v) is 8.07. The summed E-state index contributed by atoms with van der Waals surface area (Å²) < 4.78 is 0.952. The van der Waals surface area contributed by atoms with Gasteiger partial charge in [-0.05, 0) is 53.4 Å². The molecule has 6 heteroatoms. The normalized spacial score (nSPS) is 14.2. The average molecular weight is 361 g/mol. The van der Waals surface area contributed by atoms with Gasteiger partial charge >= 0.3 is 0 Å². The van der Waals surface area contributed by atoms with Gasteiger partial charge in [0.05, 0.1) is 11.3 Å². The Labute approximate surface area is 137 Å². The summed E-state index contributed by atoms with van der Waals surface area (Å²) in [6.45, 7) is 3.69. The molecule has 1 aromatic heterocycles. The van der Waals surface area contributed by atoms with Crippen LogP contribution in [0.2, 0.25) is 0 Å². The summed E-state index contributed by atoms with van der Waals surface area (Å²) in [6, 6.07) is 6.00. The molecule has 0 saturated carbocycles. The fourth-order valence-corrected chi connectivity index (χ4v) is 3.04. The van der Waals surface area contributed by atoms with Gasteiger partial charge < -0.3 is 10.2 Å². The number of aryl methyl sites for hydroxylation is 1. The number of rotatable bonds is 3. The van der Waals surface area contributed by atoms with Gasteiger partial charge in [-0.3, -0.25) is 4.79 Å². The molecule has 0 atom stereocenters.